The third kappa shape index (κ3) is 7.56. The van der Waals surface area contributed by atoms with Crippen molar-refractivity contribution in [1.82, 2.24) is 4.90 Å². The molecule has 0 aliphatic rings. The average Bonchev–Trinajstić information content (AvgIpc) is 2.53. The van der Waals surface area contributed by atoms with Gasteiger partial charge in [0.25, 0.3) is 0 Å². The molecule has 0 spiro atoms. The van der Waals surface area contributed by atoms with Crippen LogP contribution in [0.2, 0.25) is 0 Å². The van der Waals surface area contributed by atoms with Gasteiger partial charge >= 0.3 is 0 Å². The zero-order valence-electron chi connectivity index (χ0n) is 13.8. The highest BCUT2D eigenvalue weighted by atomic mass is 16.3. The Balaban J connectivity index is 0.000000841. The fourth-order valence-corrected chi connectivity index (χ4v) is 1.43. The molecule has 0 amide bonds. The molecule has 0 unspecified atom stereocenters. The Kier molecular flexibility index (Phi) is 9.34. The molecule has 126 valence electrons. The highest BCUT2D eigenvalue weighted by Crippen LogP contribution is 2.28. The van der Waals surface area contributed by atoms with E-state index in [1.54, 1.807) is 30.2 Å². The molecule has 0 saturated carbocycles. The number of phenols is 2. The van der Waals surface area contributed by atoms with Crippen LogP contribution in [0, 0.1) is 0 Å². The Bertz CT molecular complexity index is 594. The molecule has 0 aliphatic carbocycles. The molecule has 0 radical (unpaired) electrons. The molecule has 0 aromatic heterocycles. The summed E-state index contributed by atoms with van der Waals surface area (Å²) in [5.74, 6) is -0.111. The van der Waals surface area contributed by atoms with Gasteiger partial charge in [0.05, 0.1) is 0 Å². The molecular formula is C16H25N5O2. The van der Waals surface area contributed by atoms with E-state index in [2.05, 4.69) is 16.6 Å². The quantitative estimate of drug-likeness (QED) is 0.291. The first-order chi connectivity index (χ1) is 10.9. The summed E-state index contributed by atoms with van der Waals surface area (Å²) in [7, 11) is 3.19. The first kappa shape index (κ1) is 20.0. The molecule has 0 aliphatic heterocycles. The first-order valence-electron chi connectivity index (χ1n) is 6.88. The molecule has 0 saturated heterocycles. The van der Waals surface area contributed by atoms with Gasteiger partial charge in [0, 0.05) is 26.2 Å². The second-order valence-electron chi connectivity index (χ2n) is 4.45. The van der Waals surface area contributed by atoms with Gasteiger partial charge in [0.15, 0.2) is 17.5 Å². The van der Waals surface area contributed by atoms with Crippen molar-refractivity contribution in [2.24, 2.45) is 21.5 Å². The molecule has 0 atom stereocenters. The third-order valence-electron chi connectivity index (χ3n) is 2.68. The van der Waals surface area contributed by atoms with Crippen LogP contribution in [0.5, 0.6) is 11.5 Å². The number of nitrogens with zero attached hydrogens (tertiary/aromatic N) is 3. The van der Waals surface area contributed by atoms with Crippen molar-refractivity contribution in [3.8, 4) is 11.5 Å². The summed E-state index contributed by atoms with van der Waals surface area (Å²) in [6.45, 7) is 5.71. The average molecular weight is 319 g/mol. The minimum atomic E-state index is -0.175. The number of hydrogen-bond donors (Lipinski definition) is 4. The van der Waals surface area contributed by atoms with Crippen molar-refractivity contribution in [1.29, 1.82) is 0 Å². The number of rotatable bonds is 3. The predicted molar refractivity (Wildman–Crippen MR) is 95.4 cm³/mol. The van der Waals surface area contributed by atoms with E-state index in [4.69, 9.17) is 11.5 Å². The summed E-state index contributed by atoms with van der Waals surface area (Å²) in [6, 6.07) is 4.71. The summed E-state index contributed by atoms with van der Waals surface area (Å²) < 4.78 is 0. The Morgan fingerprint density at radius 3 is 2.48 bits per heavy atom. The van der Waals surface area contributed by atoms with Crippen LogP contribution in [0.15, 0.2) is 53.0 Å². The second-order valence-corrected chi connectivity index (χ2v) is 4.45. The van der Waals surface area contributed by atoms with Gasteiger partial charge in [-0.3, -0.25) is 4.99 Å². The van der Waals surface area contributed by atoms with Crippen molar-refractivity contribution in [2.45, 2.75) is 13.5 Å². The molecule has 23 heavy (non-hydrogen) atoms. The topological polar surface area (TPSA) is 120 Å². The molecule has 0 heterocycles. The number of hydrogen-bond acceptors (Lipinski definition) is 3. The number of phenolic OH excluding ortho intramolecular Hbond substituents is 2. The molecular weight excluding hydrogens is 294 g/mol. The van der Waals surface area contributed by atoms with E-state index < -0.39 is 0 Å². The Hall–Kier alpha value is -2.96. The van der Waals surface area contributed by atoms with E-state index >= 15 is 0 Å². The van der Waals surface area contributed by atoms with Crippen molar-refractivity contribution in [3.63, 3.8) is 0 Å². The highest BCUT2D eigenvalue weighted by Gasteiger charge is 2.10. The van der Waals surface area contributed by atoms with E-state index in [9.17, 15) is 10.2 Å². The number of nitrogens with two attached hydrogens (primary N) is 2. The molecule has 7 heteroatoms. The molecule has 0 bridgehead atoms. The Labute approximate surface area is 137 Å². The van der Waals surface area contributed by atoms with E-state index in [-0.39, 0.29) is 30.0 Å². The lowest BCUT2D eigenvalue weighted by atomic mass is 10.2. The minimum absolute atomic E-state index is 0.0690. The minimum Gasteiger partial charge on any atom is -0.504 e. The lowest BCUT2D eigenvalue weighted by Gasteiger charge is -2.18. The summed E-state index contributed by atoms with van der Waals surface area (Å²) in [5, 5.41) is 19.0. The van der Waals surface area contributed by atoms with Gasteiger partial charge < -0.3 is 26.6 Å². The fraction of sp³-hybridized carbons (Fsp3) is 0.250. The van der Waals surface area contributed by atoms with Gasteiger partial charge in [0.2, 0.25) is 5.96 Å². The summed E-state index contributed by atoms with van der Waals surface area (Å²) >= 11 is 0. The molecule has 1 aromatic carbocycles. The summed E-state index contributed by atoms with van der Waals surface area (Å²) in [5.41, 5.74) is 11.7. The van der Waals surface area contributed by atoms with Crippen molar-refractivity contribution >= 4 is 11.9 Å². The van der Waals surface area contributed by atoms with Crippen LogP contribution < -0.4 is 11.5 Å². The maximum absolute atomic E-state index is 9.65. The number of allylic oxidation sites excluding steroid dienone is 3. The maximum Gasteiger partial charge on any atom is 0.218 e. The highest BCUT2D eigenvalue weighted by molar-refractivity contribution is 5.93. The first-order valence-corrected chi connectivity index (χ1v) is 6.88. The SMILES string of the molecule is C=C/C=C\C.CN=C(N)/N=C(\N)N(C)Cc1cccc(O)c1O. The van der Waals surface area contributed by atoms with Gasteiger partial charge in [-0.1, -0.05) is 36.9 Å². The number of benzene rings is 1. The smallest absolute Gasteiger partial charge is 0.218 e. The zero-order chi connectivity index (χ0) is 17.8. The van der Waals surface area contributed by atoms with Gasteiger partial charge in [-0.15, -0.1) is 0 Å². The zero-order valence-corrected chi connectivity index (χ0v) is 13.8. The molecule has 6 N–H and O–H groups in total. The van der Waals surface area contributed by atoms with Gasteiger partial charge in [-0.25, -0.2) is 0 Å². The fourth-order valence-electron chi connectivity index (χ4n) is 1.43. The standard InChI is InChI=1S/C11H17N5O2.C5H8/c1-14-10(12)15-11(13)16(2)6-7-4-3-5-8(17)9(7)18;1-3-5-4-2/h3-5,17-18H,6H2,1-2H3,(H4,12,13,14,15);3-5H,1H2,2H3/b;5-4-. The lowest BCUT2D eigenvalue weighted by molar-refractivity contribution is 0.390. The number of aromatic hydroxyl groups is 2. The second kappa shape index (κ2) is 10.7. The van der Waals surface area contributed by atoms with Crippen LogP contribution in [0.3, 0.4) is 0 Å². The lowest BCUT2D eigenvalue weighted by Crippen LogP contribution is -2.35. The van der Waals surface area contributed by atoms with E-state index in [1.807, 2.05) is 19.1 Å². The Morgan fingerprint density at radius 2 is 2.00 bits per heavy atom. The summed E-state index contributed by atoms with van der Waals surface area (Å²) in [6.07, 6.45) is 5.58. The van der Waals surface area contributed by atoms with Gasteiger partial charge in [0.1, 0.15) is 0 Å². The van der Waals surface area contributed by atoms with Crippen LogP contribution >= 0.6 is 0 Å². The van der Waals surface area contributed by atoms with Crippen LogP contribution in [-0.2, 0) is 6.54 Å². The van der Waals surface area contributed by atoms with Crippen molar-refractivity contribution in [3.05, 3.63) is 48.6 Å². The largest absolute Gasteiger partial charge is 0.504 e. The van der Waals surface area contributed by atoms with E-state index in [0.717, 1.165) is 0 Å². The van der Waals surface area contributed by atoms with E-state index in [1.165, 1.54) is 13.1 Å². The van der Waals surface area contributed by atoms with Gasteiger partial charge in [-0.05, 0) is 13.0 Å². The van der Waals surface area contributed by atoms with Crippen molar-refractivity contribution in [2.75, 3.05) is 14.1 Å². The van der Waals surface area contributed by atoms with Crippen LogP contribution in [-0.4, -0.2) is 41.1 Å². The predicted octanol–water partition coefficient (Wildman–Crippen LogP) is 1.54. The third-order valence-corrected chi connectivity index (χ3v) is 2.68. The molecule has 1 rings (SSSR count). The molecule has 7 nitrogen and oxygen atoms in total. The van der Waals surface area contributed by atoms with Gasteiger partial charge in [-0.2, -0.15) is 4.99 Å². The number of para-hydroxylation sites is 1. The monoisotopic (exact) mass is 319 g/mol. The number of aliphatic imine (C=N–C) groups is 2. The number of guanidine groups is 2. The van der Waals surface area contributed by atoms with Crippen molar-refractivity contribution < 1.29 is 10.2 Å². The molecule has 0 fully saturated rings. The van der Waals surface area contributed by atoms with Crippen LogP contribution in [0.1, 0.15) is 12.5 Å². The maximum atomic E-state index is 9.65. The van der Waals surface area contributed by atoms with E-state index in [0.29, 0.717) is 5.56 Å². The normalized spacial score (nSPS) is 11.8. The summed E-state index contributed by atoms with van der Waals surface area (Å²) in [4.78, 5) is 9.08. The van der Waals surface area contributed by atoms with Crippen LogP contribution in [0.4, 0.5) is 0 Å². The van der Waals surface area contributed by atoms with Crippen LogP contribution in [0.25, 0.3) is 0 Å². The molecule has 1 aromatic rings. The Morgan fingerprint density at radius 1 is 1.35 bits per heavy atom.